The minimum absolute atomic E-state index is 0.145. The van der Waals surface area contributed by atoms with Crippen LogP contribution < -0.4 is 0 Å². The van der Waals surface area contributed by atoms with E-state index in [1.165, 1.54) is 0 Å². The van der Waals surface area contributed by atoms with Crippen LogP contribution in [-0.4, -0.2) is 27.7 Å². The van der Waals surface area contributed by atoms with Crippen molar-refractivity contribution in [3.8, 4) is 0 Å². The number of hydrogen-bond donors (Lipinski definition) is 1. The van der Waals surface area contributed by atoms with E-state index in [2.05, 4.69) is 0 Å². The number of ether oxygens (including phenoxy) is 1. The van der Waals surface area contributed by atoms with Gasteiger partial charge in [0.2, 0.25) is 0 Å². The Kier molecular flexibility index (Phi) is 5.42. The van der Waals surface area contributed by atoms with Gasteiger partial charge in [0.05, 0.1) is 6.10 Å². The average molecular weight is 253 g/mol. The Morgan fingerprint density at radius 3 is 2.72 bits per heavy atom. The minimum Gasteiger partial charge on any atom is -0.481 e. The van der Waals surface area contributed by atoms with Gasteiger partial charge in [0.15, 0.2) is 0 Å². The lowest BCUT2D eigenvalue weighted by Crippen LogP contribution is -2.16. The van der Waals surface area contributed by atoms with Crippen molar-refractivity contribution < 1.29 is 19.4 Å². The van der Waals surface area contributed by atoms with Gasteiger partial charge < -0.3 is 14.4 Å². The lowest BCUT2D eigenvalue weighted by molar-refractivity contribution is -0.137. The molecule has 5 heteroatoms. The molecule has 1 rings (SSSR count). The van der Waals surface area contributed by atoms with E-state index in [0.29, 0.717) is 18.7 Å². The standard InChI is InChI=1S/C13H19NO4/c1-10(2)18-13(17)11-6-5-9-14(11)8-4-3-7-12(15)16/h5-6,9-10H,3-4,7-8H2,1-2H3,(H,15,16). The third-order valence-electron chi connectivity index (χ3n) is 2.42. The second-order valence-electron chi connectivity index (χ2n) is 4.39. The van der Waals surface area contributed by atoms with Crippen molar-refractivity contribution in [3.05, 3.63) is 24.0 Å². The summed E-state index contributed by atoms with van der Waals surface area (Å²) in [5.74, 6) is -1.13. The van der Waals surface area contributed by atoms with Crippen LogP contribution in [0.25, 0.3) is 0 Å². The number of carbonyl (C=O) groups excluding carboxylic acids is 1. The molecule has 0 saturated carbocycles. The SMILES string of the molecule is CC(C)OC(=O)c1cccn1CCCCC(=O)O. The molecule has 0 radical (unpaired) electrons. The van der Waals surface area contributed by atoms with Gasteiger partial charge in [-0.15, -0.1) is 0 Å². The van der Waals surface area contributed by atoms with E-state index in [0.717, 1.165) is 6.42 Å². The van der Waals surface area contributed by atoms with Gasteiger partial charge in [-0.3, -0.25) is 4.79 Å². The molecule has 0 aliphatic rings. The fourth-order valence-corrected chi connectivity index (χ4v) is 1.63. The number of carboxylic acids is 1. The van der Waals surface area contributed by atoms with Crippen molar-refractivity contribution in [2.45, 2.75) is 45.8 Å². The topological polar surface area (TPSA) is 68.5 Å². The van der Waals surface area contributed by atoms with Gasteiger partial charge in [-0.1, -0.05) is 0 Å². The molecule has 18 heavy (non-hydrogen) atoms. The summed E-state index contributed by atoms with van der Waals surface area (Å²) < 4.78 is 6.92. The zero-order valence-corrected chi connectivity index (χ0v) is 10.8. The molecule has 1 heterocycles. The highest BCUT2D eigenvalue weighted by Gasteiger charge is 2.13. The van der Waals surface area contributed by atoms with Crippen LogP contribution >= 0.6 is 0 Å². The van der Waals surface area contributed by atoms with Gasteiger partial charge in [0, 0.05) is 19.2 Å². The summed E-state index contributed by atoms with van der Waals surface area (Å²) in [6.07, 6.45) is 3.15. The monoisotopic (exact) mass is 253 g/mol. The van der Waals surface area contributed by atoms with Crippen LogP contribution in [0.4, 0.5) is 0 Å². The fourth-order valence-electron chi connectivity index (χ4n) is 1.63. The van der Waals surface area contributed by atoms with E-state index >= 15 is 0 Å². The third-order valence-corrected chi connectivity index (χ3v) is 2.42. The molecule has 0 saturated heterocycles. The Morgan fingerprint density at radius 1 is 1.39 bits per heavy atom. The van der Waals surface area contributed by atoms with Crippen molar-refractivity contribution >= 4 is 11.9 Å². The molecule has 0 fully saturated rings. The molecular formula is C13H19NO4. The van der Waals surface area contributed by atoms with Crippen LogP contribution in [0.5, 0.6) is 0 Å². The molecule has 1 aromatic rings. The van der Waals surface area contributed by atoms with Gasteiger partial charge in [-0.05, 0) is 38.8 Å². The summed E-state index contributed by atoms with van der Waals surface area (Å²) in [4.78, 5) is 22.1. The lowest BCUT2D eigenvalue weighted by Gasteiger charge is -2.10. The third kappa shape index (κ3) is 4.61. The van der Waals surface area contributed by atoms with Gasteiger partial charge in [-0.25, -0.2) is 4.79 Å². The van der Waals surface area contributed by atoms with Crippen LogP contribution in [-0.2, 0) is 16.1 Å². The zero-order valence-electron chi connectivity index (χ0n) is 10.8. The summed E-state index contributed by atoms with van der Waals surface area (Å²) in [6.45, 7) is 4.24. The summed E-state index contributed by atoms with van der Waals surface area (Å²) in [6, 6.07) is 3.50. The van der Waals surface area contributed by atoms with Crippen LogP contribution in [0.15, 0.2) is 18.3 Å². The molecule has 0 aliphatic heterocycles. The van der Waals surface area contributed by atoms with Crippen LogP contribution in [0, 0.1) is 0 Å². The van der Waals surface area contributed by atoms with E-state index in [9.17, 15) is 9.59 Å². The number of rotatable bonds is 7. The highest BCUT2D eigenvalue weighted by atomic mass is 16.5. The van der Waals surface area contributed by atoms with E-state index in [-0.39, 0.29) is 18.5 Å². The average Bonchev–Trinajstić information content (AvgIpc) is 2.71. The van der Waals surface area contributed by atoms with E-state index in [1.54, 1.807) is 36.7 Å². The second-order valence-corrected chi connectivity index (χ2v) is 4.39. The van der Waals surface area contributed by atoms with Crippen molar-refractivity contribution in [2.24, 2.45) is 0 Å². The maximum atomic E-state index is 11.7. The smallest absolute Gasteiger partial charge is 0.355 e. The first-order valence-electron chi connectivity index (χ1n) is 6.08. The van der Waals surface area contributed by atoms with E-state index in [1.807, 2.05) is 0 Å². The van der Waals surface area contributed by atoms with Crippen LogP contribution in [0.3, 0.4) is 0 Å². The first-order chi connectivity index (χ1) is 8.50. The van der Waals surface area contributed by atoms with Gasteiger partial charge in [0.25, 0.3) is 0 Å². The number of carbonyl (C=O) groups is 2. The number of nitrogens with zero attached hydrogens (tertiary/aromatic N) is 1. The Morgan fingerprint density at radius 2 is 2.11 bits per heavy atom. The Hall–Kier alpha value is -1.78. The number of hydrogen-bond acceptors (Lipinski definition) is 3. The lowest BCUT2D eigenvalue weighted by atomic mass is 10.2. The number of aromatic nitrogens is 1. The molecule has 0 spiro atoms. The largest absolute Gasteiger partial charge is 0.481 e. The molecule has 1 aromatic heterocycles. The maximum Gasteiger partial charge on any atom is 0.355 e. The van der Waals surface area contributed by atoms with Crippen molar-refractivity contribution in [1.82, 2.24) is 4.57 Å². The van der Waals surface area contributed by atoms with Crippen LogP contribution in [0.1, 0.15) is 43.6 Å². The fraction of sp³-hybridized carbons (Fsp3) is 0.538. The molecule has 5 nitrogen and oxygen atoms in total. The van der Waals surface area contributed by atoms with E-state index in [4.69, 9.17) is 9.84 Å². The summed E-state index contributed by atoms with van der Waals surface area (Å²) in [5, 5.41) is 8.53. The molecule has 0 amide bonds. The summed E-state index contributed by atoms with van der Waals surface area (Å²) in [5.41, 5.74) is 0.513. The highest BCUT2D eigenvalue weighted by Crippen LogP contribution is 2.08. The normalized spacial score (nSPS) is 10.6. The number of esters is 1. The minimum atomic E-state index is -0.790. The van der Waals surface area contributed by atoms with Gasteiger partial charge in [0.1, 0.15) is 5.69 Å². The first kappa shape index (κ1) is 14.3. The van der Waals surface area contributed by atoms with E-state index < -0.39 is 5.97 Å². The predicted octanol–water partition coefficient (Wildman–Crippen LogP) is 2.31. The summed E-state index contributed by atoms with van der Waals surface area (Å²) >= 11 is 0. The molecule has 0 aliphatic carbocycles. The van der Waals surface area contributed by atoms with Crippen LogP contribution in [0.2, 0.25) is 0 Å². The number of aliphatic carboxylic acids is 1. The molecule has 0 bridgehead atoms. The van der Waals surface area contributed by atoms with Crippen molar-refractivity contribution in [3.63, 3.8) is 0 Å². The zero-order chi connectivity index (χ0) is 13.5. The molecule has 1 N–H and O–H groups in total. The predicted molar refractivity (Wildman–Crippen MR) is 66.5 cm³/mol. The number of aryl methyl sites for hydroxylation is 1. The summed E-state index contributed by atoms with van der Waals surface area (Å²) in [7, 11) is 0. The first-order valence-corrected chi connectivity index (χ1v) is 6.08. The maximum absolute atomic E-state index is 11.7. The number of unbranched alkanes of at least 4 members (excludes halogenated alkanes) is 1. The molecule has 0 unspecified atom stereocenters. The Bertz CT molecular complexity index is 409. The van der Waals surface area contributed by atoms with Crippen molar-refractivity contribution in [1.29, 1.82) is 0 Å². The quantitative estimate of drug-likeness (QED) is 0.598. The molecule has 0 atom stereocenters. The molecular weight excluding hydrogens is 234 g/mol. The number of carboxylic acid groups (broad SMARTS) is 1. The Balaban J connectivity index is 2.49. The molecule has 100 valence electrons. The van der Waals surface area contributed by atoms with Gasteiger partial charge >= 0.3 is 11.9 Å². The molecule has 0 aromatic carbocycles. The second kappa shape index (κ2) is 6.83. The van der Waals surface area contributed by atoms with Gasteiger partial charge in [-0.2, -0.15) is 0 Å². The highest BCUT2D eigenvalue weighted by molar-refractivity contribution is 5.87. The van der Waals surface area contributed by atoms with Crippen molar-refractivity contribution in [2.75, 3.05) is 0 Å². The Labute approximate surface area is 106 Å².